The molecule has 0 aliphatic carbocycles. The molecule has 0 aromatic carbocycles. The van der Waals surface area contributed by atoms with E-state index in [2.05, 4.69) is 32.0 Å². The van der Waals surface area contributed by atoms with E-state index in [0.717, 1.165) is 58.7 Å². The molecule has 3 rings (SSSR count). The summed E-state index contributed by atoms with van der Waals surface area (Å²) in [6.45, 7) is 7.33. The molecule has 2 aromatic rings. The number of morpholine rings is 1. The predicted octanol–water partition coefficient (Wildman–Crippen LogP) is 2.19. The molecule has 3 heterocycles. The van der Waals surface area contributed by atoms with Crippen molar-refractivity contribution >= 4 is 28.2 Å². The molecule has 0 spiro atoms. The van der Waals surface area contributed by atoms with Crippen LogP contribution in [-0.2, 0) is 11.2 Å². The van der Waals surface area contributed by atoms with E-state index in [9.17, 15) is 0 Å². The zero-order chi connectivity index (χ0) is 14.7. The minimum Gasteiger partial charge on any atom is -0.378 e. The minimum atomic E-state index is 0.757. The van der Waals surface area contributed by atoms with Crippen LogP contribution in [0.4, 0.5) is 5.13 Å². The molecule has 0 radical (unpaired) electrons. The summed E-state index contributed by atoms with van der Waals surface area (Å²) in [5, 5.41) is 10.4. The van der Waals surface area contributed by atoms with E-state index in [-0.39, 0.29) is 0 Å². The zero-order valence-electron chi connectivity index (χ0n) is 12.1. The van der Waals surface area contributed by atoms with Crippen molar-refractivity contribution in [2.24, 2.45) is 0 Å². The molecule has 0 N–H and O–H groups in total. The summed E-state index contributed by atoms with van der Waals surface area (Å²) in [6, 6.07) is 1.99. The van der Waals surface area contributed by atoms with Gasteiger partial charge in [-0.2, -0.15) is 0 Å². The van der Waals surface area contributed by atoms with Gasteiger partial charge in [0.05, 0.1) is 13.2 Å². The Morgan fingerprint density at radius 3 is 2.86 bits per heavy atom. The summed E-state index contributed by atoms with van der Waals surface area (Å²) in [6.07, 6.45) is 0.838. The fraction of sp³-hybridized carbons (Fsp3) is 0.538. The Kier molecular flexibility index (Phi) is 4.67. The van der Waals surface area contributed by atoms with E-state index in [0.29, 0.717) is 0 Å². The van der Waals surface area contributed by atoms with Crippen LogP contribution >= 0.6 is 23.1 Å². The molecule has 21 heavy (non-hydrogen) atoms. The number of aryl methyl sites for hydroxylation is 2. The second kappa shape index (κ2) is 6.67. The van der Waals surface area contributed by atoms with Crippen LogP contribution in [0.15, 0.2) is 15.4 Å². The first kappa shape index (κ1) is 14.7. The Labute approximate surface area is 132 Å². The predicted molar refractivity (Wildman–Crippen MR) is 83.2 cm³/mol. The van der Waals surface area contributed by atoms with Crippen molar-refractivity contribution in [1.82, 2.24) is 20.2 Å². The second-order valence-electron chi connectivity index (χ2n) is 4.67. The van der Waals surface area contributed by atoms with Crippen LogP contribution in [-0.4, -0.2) is 46.5 Å². The topological polar surface area (TPSA) is 64.0 Å². The third-order valence-corrected chi connectivity index (χ3v) is 5.02. The van der Waals surface area contributed by atoms with Gasteiger partial charge >= 0.3 is 0 Å². The molecule has 0 saturated carbocycles. The van der Waals surface area contributed by atoms with Crippen LogP contribution in [0.2, 0.25) is 0 Å². The summed E-state index contributed by atoms with van der Waals surface area (Å²) in [5.74, 6) is 0.871. The molecule has 2 aromatic heterocycles. The molecule has 0 amide bonds. The first-order valence-electron chi connectivity index (χ1n) is 6.93. The summed E-state index contributed by atoms with van der Waals surface area (Å²) in [7, 11) is 0. The van der Waals surface area contributed by atoms with Gasteiger partial charge in [0.15, 0.2) is 4.34 Å². The maximum atomic E-state index is 5.35. The maximum absolute atomic E-state index is 5.35. The Bertz CT molecular complexity index is 612. The molecule has 8 heteroatoms. The van der Waals surface area contributed by atoms with Crippen molar-refractivity contribution in [3.8, 4) is 0 Å². The van der Waals surface area contributed by atoms with Gasteiger partial charge in [0.1, 0.15) is 10.9 Å². The lowest BCUT2D eigenvalue weighted by Gasteiger charge is -2.25. The Morgan fingerprint density at radius 1 is 1.29 bits per heavy atom. The highest BCUT2D eigenvalue weighted by Gasteiger charge is 2.16. The minimum absolute atomic E-state index is 0.757. The number of ether oxygens (including phenoxy) is 1. The summed E-state index contributed by atoms with van der Waals surface area (Å²) in [5.41, 5.74) is 0.988. The first-order valence-corrected chi connectivity index (χ1v) is 8.56. The van der Waals surface area contributed by atoms with Crippen molar-refractivity contribution in [2.75, 3.05) is 31.2 Å². The second-order valence-corrected chi connectivity index (χ2v) is 6.89. The van der Waals surface area contributed by atoms with Crippen LogP contribution in [0.5, 0.6) is 0 Å². The highest BCUT2D eigenvalue weighted by Crippen LogP contribution is 2.32. The molecule has 0 unspecified atom stereocenters. The molecule has 1 aliphatic heterocycles. The fourth-order valence-electron chi connectivity index (χ4n) is 2.03. The Hall–Kier alpha value is -1.25. The van der Waals surface area contributed by atoms with Gasteiger partial charge in [-0.1, -0.05) is 18.3 Å². The quantitative estimate of drug-likeness (QED) is 0.799. The van der Waals surface area contributed by atoms with Crippen molar-refractivity contribution in [3.63, 3.8) is 0 Å². The molecule has 1 aliphatic rings. The standard InChI is InChI=1S/C13H17N5OS2/c1-3-10-14-9(2)8-11(15-10)20-13-17-16-12(21-13)18-4-6-19-7-5-18/h8H,3-7H2,1-2H3. The number of nitrogens with zero attached hydrogens (tertiary/aromatic N) is 5. The van der Waals surface area contributed by atoms with Crippen LogP contribution in [0, 0.1) is 6.92 Å². The lowest BCUT2D eigenvalue weighted by Crippen LogP contribution is -2.36. The van der Waals surface area contributed by atoms with E-state index >= 15 is 0 Å². The third-order valence-electron chi connectivity index (χ3n) is 3.06. The van der Waals surface area contributed by atoms with Crippen LogP contribution in [0.3, 0.4) is 0 Å². The zero-order valence-corrected chi connectivity index (χ0v) is 13.7. The average Bonchev–Trinajstić information content (AvgIpc) is 2.96. The van der Waals surface area contributed by atoms with E-state index in [1.54, 1.807) is 23.1 Å². The molecule has 1 saturated heterocycles. The molecular weight excluding hydrogens is 306 g/mol. The largest absolute Gasteiger partial charge is 0.378 e. The monoisotopic (exact) mass is 323 g/mol. The molecule has 6 nitrogen and oxygen atoms in total. The lowest BCUT2D eigenvalue weighted by atomic mass is 10.4. The van der Waals surface area contributed by atoms with E-state index in [4.69, 9.17) is 4.74 Å². The van der Waals surface area contributed by atoms with Crippen LogP contribution < -0.4 is 4.90 Å². The normalized spacial score (nSPS) is 15.4. The number of anilines is 1. The Morgan fingerprint density at radius 2 is 2.10 bits per heavy atom. The van der Waals surface area contributed by atoms with Gasteiger partial charge in [-0.25, -0.2) is 9.97 Å². The van der Waals surface area contributed by atoms with E-state index < -0.39 is 0 Å². The van der Waals surface area contributed by atoms with Crippen molar-refractivity contribution in [2.45, 2.75) is 29.6 Å². The highest BCUT2D eigenvalue weighted by atomic mass is 32.2. The van der Waals surface area contributed by atoms with Gasteiger partial charge in [-0.15, -0.1) is 10.2 Å². The Balaban J connectivity index is 1.73. The lowest BCUT2D eigenvalue weighted by molar-refractivity contribution is 0.122. The smallest absolute Gasteiger partial charge is 0.209 e. The van der Waals surface area contributed by atoms with Gasteiger partial charge in [0, 0.05) is 25.2 Å². The summed E-state index contributed by atoms with van der Waals surface area (Å²) < 4.78 is 6.27. The van der Waals surface area contributed by atoms with E-state index in [1.807, 2.05) is 13.0 Å². The van der Waals surface area contributed by atoms with Crippen molar-refractivity contribution in [3.05, 3.63) is 17.6 Å². The third kappa shape index (κ3) is 3.69. The number of aromatic nitrogens is 4. The van der Waals surface area contributed by atoms with Crippen LogP contribution in [0.1, 0.15) is 18.4 Å². The molecular formula is C13H17N5OS2. The van der Waals surface area contributed by atoms with Crippen molar-refractivity contribution in [1.29, 1.82) is 0 Å². The van der Waals surface area contributed by atoms with Gasteiger partial charge in [0.25, 0.3) is 0 Å². The highest BCUT2D eigenvalue weighted by molar-refractivity contribution is 8.01. The van der Waals surface area contributed by atoms with Crippen LogP contribution in [0.25, 0.3) is 0 Å². The fourth-order valence-corrected chi connectivity index (χ4v) is 3.94. The summed E-state index contributed by atoms with van der Waals surface area (Å²) >= 11 is 3.16. The number of hydrogen-bond acceptors (Lipinski definition) is 8. The average molecular weight is 323 g/mol. The van der Waals surface area contributed by atoms with Gasteiger partial charge in [-0.05, 0) is 24.8 Å². The van der Waals surface area contributed by atoms with Gasteiger partial charge in [0.2, 0.25) is 5.13 Å². The van der Waals surface area contributed by atoms with Gasteiger partial charge in [-0.3, -0.25) is 0 Å². The van der Waals surface area contributed by atoms with Gasteiger partial charge < -0.3 is 9.64 Å². The molecule has 112 valence electrons. The SMILES string of the molecule is CCc1nc(C)cc(Sc2nnc(N3CCOCC3)s2)n1. The molecule has 0 atom stereocenters. The first-order chi connectivity index (χ1) is 10.2. The van der Waals surface area contributed by atoms with Crippen molar-refractivity contribution < 1.29 is 4.74 Å². The number of rotatable bonds is 4. The number of hydrogen-bond donors (Lipinski definition) is 0. The van der Waals surface area contributed by atoms with E-state index in [1.165, 1.54) is 0 Å². The maximum Gasteiger partial charge on any atom is 0.209 e. The molecule has 0 bridgehead atoms. The molecule has 1 fully saturated rings. The summed E-state index contributed by atoms with van der Waals surface area (Å²) in [4.78, 5) is 11.1.